The standard InChI is InChI=1S/C12H18O3/c1-3-14-8-9-15-12-7-5-4-6-11(12)10(2)13/h4-7,10,13H,3,8-9H2,1-2H3. The van der Waals surface area contributed by atoms with E-state index in [1.807, 2.05) is 31.2 Å². The number of hydrogen-bond donors (Lipinski definition) is 1. The van der Waals surface area contributed by atoms with Gasteiger partial charge in [-0.2, -0.15) is 0 Å². The minimum atomic E-state index is -0.506. The van der Waals surface area contributed by atoms with Crippen molar-refractivity contribution >= 4 is 0 Å². The summed E-state index contributed by atoms with van der Waals surface area (Å²) >= 11 is 0. The minimum Gasteiger partial charge on any atom is -0.491 e. The molecule has 0 saturated carbocycles. The number of para-hydroxylation sites is 1. The van der Waals surface area contributed by atoms with Crippen molar-refractivity contribution in [3.8, 4) is 5.75 Å². The van der Waals surface area contributed by atoms with Crippen molar-refractivity contribution in [1.29, 1.82) is 0 Å². The predicted octanol–water partition coefficient (Wildman–Crippen LogP) is 2.16. The van der Waals surface area contributed by atoms with E-state index < -0.39 is 6.10 Å². The van der Waals surface area contributed by atoms with Gasteiger partial charge in [-0.25, -0.2) is 0 Å². The topological polar surface area (TPSA) is 38.7 Å². The molecule has 15 heavy (non-hydrogen) atoms. The van der Waals surface area contributed by atoms with E-state index in [9.17, 15) is 5.11 Å². The Balaban J connectivity index is 2.52. The number of rotatable bonds is 6. The molecular weight excluding hydrogens is 192 g/mol. The van der Waals surface area contributed by atoms with Gasteiger partial charge in [-0.1, -0.05) is 18.2 Å². The van der Waals surface area contributed by atoms with Crippen LogP contribution in [0.4, 0.5) is 0 Å². The first-order valence-corrected chi connectivity index (χ1v) is 5.23. The zero-order valence-electron chi connectivity index (χ0n) is 9.27. The van der Waals surface area contributed by atoms with Gasteiger partial charge in [0.25, 0.3) is 0 Å². The minimum absolute atomic E-state index is 0.506. The maximum Gasteiger partial charge on any atom is 0.125 e. The molecule has 1 rings (SSSR count). The molecule has 0 spiro atoms. The smallest absolute Gasteiger partial charge is 0.125 e. The predicted molar refractivity (Wildman–Crippen MR) is 59.1 cm³/mol. The number of ether oxygens (including phenoxy) is 2. The molecule has 0 aliphatic heterocycles. The maximum absolute atomic E-state index is 9.50. The first-order chi connectivity index (χ1) is 7.25. The highest BCUT2D eigenvalue weighted by atomic mass is 16.5. The normalized spacial score (nSPS) is 12.5. The second-order valence-electron chi connectivity index (χ2n) is 3.26. The van der Waals surface area contributed by atoms with E-state index in [-0.39, 0.29) is 0 Å². The summed E-state index contributed by atoms with van der Waals surface area (Å²) < 4.78 is 10.7. The molecule has 0 aromatic heterocycles. The van der Waals surface area contributed by atoms with Crippen LogP contribution in [0, 0.1) is 0 Å². The Labute approximate surface area is 90.6 Å². The fourth-order valence-corrected chi connectivity index (χ4v) is 1.31. The third kappa shape index (κ3) is 3.90. The van der Waals surface area contributed by atoms with Gasteiger partial charge in [0.1, 0.15) is 12.4 Å². The second-order valence-corrected chi connectivity index (χ2v) is 3.26. The van der Waals surface area contributed by atoms with Crippen molar-refractivity contribution in [1.82, 2.24) is 0 Å². The molecule has 3 heteroatoms. The van der Waals surface area contributed by atoms with Crippen LogP contribution >= 0.6 is 0 Å². The molecule has 1 aromatic carbocycles. The highest BCUT2D eigenvalue weighted by molar-refractivity contribution is 5.34. The Morgan fingerprint density at radius 1 is 1.27 bits per heavy atom. The Hall–Kier alpha value is -1.06. The lowest BCUT2D eigenvalue weighted by atomic mass is 10.1. The summed E-state index contributed by atoms with van der Waals surface area (Å²) in [4.78, 5) is 0. The van der Waals surface area contributed by atoms with Gasteiger partial charge in [0, 0.05) is 12.2 Å². The van der Waals surface area contributed by atoms with Gasteiger partial charge < -0.3 is 14.6 Å². The summed E-state index contributed by atoms with van der Waals surface area (Å²) in [5.74, 6) is 0.729. The molecule has 0 amide bonds. The third-order valence-corrected chi connectivity index (χ3v) is 2.06. The highest BCUT2D eigenvalue weighted by Crippen LogP contribution is 2.24. The van der Waals surface area contributed by atoms with Crippen molar-refractivity contribution in [3.63, 3.8) is 0 Å². The zero-order chi connectivity index (χ0) is 11.1. The summed E-state index contributed by atoms with van der Waals surface area (Å²) in [5, 5.41) is 9.50. The van der Waals surface area contributed by atoms with Crippen molar-refractivity contribution in [2.45, 2.75) is 20.0 Å². The van der Waals surface area contributed by atoms with Crippen molar-refractivity contribution in [2.75, 3.05) is 19.8 Å². The summed E-state index contributed by atoms with van der Waals surface area (Å²) in [6, 6.07) is 7.49. The molecule has 0 bridgehead atoms. The highest BCUT2D eigenvalue weighted by Gasteiger charge is 2.07. The van der Waals surface area contributed by atoms with E-state index in [1.165, 1.54) is 0 Å². The van der Waals surface area contributed by atoms with E-state index in [2.05, 4.69) is 0 Å². The Morgan fingerprint density at radius 2 is 2.00 bits per heavy atom. The van der Waals surface area contributed by atoms with Crippen LogP contribution in [0.5, 0.6) is 5.75 Å². The molecular formula is C12H18O3. The van der Waals surface area contributed by atoms with E-state index in [0.717, 1.165) is 11.3 Å². The van der Waals surface area contributed by atoms with Crippen LogP contribution in [0.1, 0.15) is 25.5 Å². The molecule has 0 fully saturated rings. The lowest BCUT2D eigenvalue weighted by Gasteiger charge is -2.12. The second kappa shape index (κ2) is 6.43. The monoisotopic (exact) mass is 210 g/mol. The molecule has 1 atom stereocenters. The molecule has 0 aliphatic carbocycles. The first kappa shape index (κ1) is 12.0. The fourth-order valence-electron chi connectivity index (χ4n) is 1.31. The summed E-state index contributed by atoms with van der Waals surface area (Å²) in [6.07, 6.45) is -0.506. The van der Waals surface area contributed by atoms with Crippen LogP contribution in [0.15, 0.2) is 24.3 Å². The number of hydrogen-bond acceptors (Lipinski definition) is 3. The van der Waals surface area contributed by atoms with E-state index in [4.69, 9.17) is 9.47 Å². The third-order valence-electron chi connectivity index (χ3n) is 2.06. The van der Waals surface area contributed by atoms with Crippen molar-refractivity contribution in [2.24, 2.45) is 0 Å². The van der Waals surface area contributed by atoms with Crippen molar-refractivity contribution < 1.29 is 14.6 Å². The molecule has 84 valence electrons. The lowest BCUT2D eigenvalue weighted by molar-refractivity contribution is 0.108. The van der Waals surface area contributed by atoms with Gasteiger partial charge in [0.05, 0.1) is 12.7 Å². The number of benzene rings is 1. The molecule has 1 unspecified atom stereocenters. The first-order valence-electron chi connectivity index (χ1n) is 5.23. The van der Waals surface area contributed by atoms with Crippen LogP contribution in [0.3, 0.4) is 0 Å². The molecule has 1 N–H and O–H groups in total. The Morgan fingerprint density at radius 3 is 2.67 bits per heavy atom. The molecule has 0 heterocycles. The Kier molecular flexibility index (Phi) is 5.15. The average Bonchev–Trinajstić information content (AvgIpc) is 2.25. The summed E-state index contributed by atoms with van der Waals surface area (Å²) in [7, 11) is 0. The Bertz CT molecular complexity index is 284. The summed E-state index contributed by atoms with van der Waals surface area (Å²) in [6.45, 7) is 5.46. The SMILES string of the molecule is CCOCCOc1ccccc1C(C)O. The van der Waals surface area contributed by atoms with E-state index >= 15 is 0 Å². The van der Waals surface area contributed by atoms with Crippen LogP contribution in [-0.2, 0) is 4.74 Å². The summed E-state index contributed by atoms with van der Waals surface area (Å²) in [5.41, 5.74) is 0.814. The molecule has 0 saturated heterocycles. The van der Waals surface area contributed by atoms with Gasteiger partial charge in [0.2, 0.25) is 0 Å². The largest absolute Gasteiger partial charge is 0.491 e. The van der Waals surface area contributed by atoms with Crippen LogP contribution in [0.2, 0.25) is 0 Å². The van der Waals surface area contributed by atoms with Crippen molar-refractivity contribution in [3.05, 3.63) is 29.8 Å². The van der Waals surface area contributed by atoms with Gasteiger partial charge in [0.15, 0.2) is 0 Å². The molecule has 0 radical (unpaired) electrons. The average molecular weight is 210 g/mol. The van der Waals surface area contributed by atoms with E-state index in [0.29, 0.717) is 19.8 Å². The van der Waals surface area contributed by atoms with Gasteiger partial charge in [-0.15, -0.1) is 0 Å². The molecule has 1 aromatic rings. The van der Waals surface area contributed by atoms with Gasteiger partial charge in [-0.3, -0.25) is 0 Å². The number of aliphatic hydroxyl groups is 1. The fraction of sp³-hybridized carbons (Fsp3) is 0.500. The van der Waals surface area contributed by atoms with Gasteiger partial charge >= 0.3 is 0 Å². The van der Waals surface area contributed by atoms with Crippen LogP contribution in [0.25, 0.3) is 0 Å². The lowest BCUT2D eigenvalue weighted by Crippen LogP contribution is -2.08. The quantitative estimate of drug-likeness (QED) is 0.731. The maximum atomic E-state index is 9.50. The van der Waals surface area contributed by atoms with Gasteiger partial charge in [-0.05, 0) is 19.9 Å². The number of aliphatic hydroxyl groups excluding tert-OH is 1. The van der Waals surface area contributed by atoms with Crippen LogP contribution in [-0.4, -0.2) is 24.9 Å². The van der Waals surface area contributed by atoms with E-state index in [1.54, 1.807) is 6.92 Å². The van der Waals surface area contributed by atoms with Crippen LogP contribution < -0.4 is 4.74 Å². The molecule has 0 aliphatic rings. The molecule has 3 nitrogen and oxygen atoms in total. The zero-order valence-corrected chi connectivity index (χ0v) is 9.27.